The van der Waals surface area contributed by atoms with Gasteiger partial charge in [-0.15, -0.1) is 0 Å². The van der Waals surface area contributed by atoms with E-state index >= 15 is 0 Å². The summed E-state index contributed by atoms with van der Waals surface area (Å²) < 4.78 is 6.80. The van der Waals surface area contributed by atoms with Crippen LogP contribution in [0.5, 0.6) is 5.75 Å². The molecule has 0 aliphatic heterocycles. The molecule has 2 aromatic carbocycles. The molecule has 7 heteroatoms. The number of ether oxygens (including phenoxy) is 1. The highest BCUT2D eigenvalue weighted by molar-refractivity contribution is 7.99. The smallest absolute Gasteiger partial charge is 0.349 e. The van der Waals surface area contributed by atoms with Gasteiger partial charge < -0.3 is 4.74 Å². The van der Waals surface area contributed by atoms with Crippen molar-refractivity contribution in [3.05, 3.63) is 71.5 Å². The SMILES string of the molecule is COc1cc(-c2cnn3c(=O)[nH]cnc23)ccc1Sc1ccccc1. The van der Waals surface area contributed by atoms with Crippen LogP contribution in [0.2, 0.25) is 0 Å². The lowest BCUT2D eigenvalue weighted by Gasteiger charge is -2.10. The molecule has 2 aromatic heterocycles. The summed E-state index contributed by atoms with van der Waals surface area (Å²) in [7, 11) is 1.65. The van der Waals surface area contributed by atoms with Gasteiger partial charge in [0.25, 0.3) is 0 Å². The van der Waals surface area contributed by atoms with E-state index in [9.17, 15) is 4.79 Å². The Labute approximate surface area is 147 Å². The summed E-state index contributed by atoms with van der Waals surface area (Å²) in [5.41, 5.74) is 1.86. The molecule has 6 nitrogen and oxygen atoms in total. The van der Waals surface area contributed by atoms with Crippen LogP contribution in [0.25, 0.3) is 16.8 Å². The minimum absolute atomic E-state index is 0.320. The van der Waals surface area contributed by atoms with E-state index < -0.39 is 0 Å². The average Bonchev–Trinajstić information content (AvgIpc) is 3.08. The molecule has 0 aliphatic carbocycles. The zero-order valence-corrected chi connectivity index (χ0v) is 14.2. The molecule has 0 fully saturated rings. The van der Waals surface area contributed by atoms with Crippen molar-refractivity contribution in [2.75, 3.05) is 7.11 Å². The van der Waals surface area contributed by atoms with Crippen molar-refractivity contribution in [3.63, 3.8) is 0 Å². The summed E-state index contributed by atoms with van der Waals surface area (Å²) in [4.78, 5) is 20.7. The largest absolute Gasteiger partial charge is 0.496 e. The Balaban J connectivity index is 1.76. The first-order valence-corrected chi connectivity index (χ1v) is 8.40. The molecule has 0 unspecified atom stereocenters. The van der Waals surface area contributed by atoms with Gasteiger partial charge in [0.2, 0.25) is 0 Å². The molecule has 0 atom stereocenters. The van der Waals surface area contributed by atoms with E-state index in [0.717, 1.165) is 26.7 Å². The fourth-order valence-corrected chi connectivity index (χ4v) is 3.49. The molecular weight excluding hydrogens is 336 g/mol. The Morgan fingerprint density at radius 3 is 2.80 bits per heavy atom. The highest BCUT2D eigenvalue weighted by Crippen LogP contribution is 2.37. The van der Waals surface area contributed by atoms with Crippen LogP contribution in [0.3, 0.4) is 0 Å². The third-order valence-corrected chi connectivity index (χ3v) is 4.82. The van der Waals surface area contributed by atoms with E-state index in [0.29, 0.717) is 5.65 Å². The topological polar surface area (TPSA) is 72.3 Å². The summed E-state index contributed by atoms with van der Waals surface area (Å²) in [5, 5.41) is 4.10. The second-order valence-electron chi connectivity index (χ2n) is 5.28. The first-order valence-electron chi connectivity index (χ1n) is 7.59. The maximum atomic E-state index is 11.8. The predicted octanol–water partition coefficient (Wildman–Crippen LogP) is 3.24. The second kappa shape index (κ2) is 6.45. The molecular formula is C18H14N4O2S. The Kier molecular flexibility index (Phi) is 3.99. The van der Waals surface area contributed by atoms with Crippen LogP contribution in [-0.2, 0) is 0 Å². The highest BCUT2D eigenvalue weighted by atomic mass is 32.2. The van der Waals surface area contributed by atoms with Crippen LogP contribution in [0.4, 0.5) is 0 Å². The molecule has 0 radical (unpaired) electrons. The monoisotopic (exact) mass is 350 g/mol. The molecule has 2 heterocycles. The quantitative estimate of drug-likeness (QED) is 0.612. The van der Waals surface area contributed by atoms with Gasteiger partial charge in [-0.25, -0.2) is 9.78 Å². The van der Waals surface area contributed by atoms with E-state index in [2.05, 4.69) is 27.2 Å². The number of hydrogen-bond acceptors (Lipinski definition) is 5. The van der Waals surface area contributed by atoms with Crippen LogP contribution in [-0.4, -0.2) is 26.7 Å². The zero-order chi connectivity index (χ0) is 17.2. The van der Waals surface area contributed by atoms with E-state index in [1.54, 1.807) is 25.1 Å². The van der Waals surface area contributed by atoms with Gasteiger partial charge in [-0.2, -0.15) is 9.61 Å². The summed E-state index contributed by atoms with van der Waals surface area (Å²) in [6.07, 6.45) is 3.01. The number of nitrogens with zero attached hydrogens (tertiary/aromatic N) is 3. The molecule has 0 saturated heterocycles. The molecule has 124 valence electrons. The molecule has 0 spiro atoms. The first kappa shape index (κ1) is 15.5. The summed E-state index contributed by atoms with van der Waals surface area (Å²) in [6.45, 7) is 0. The summed E-state index contributed by atoms with van der Waals surface area (Å²) in [6, 6.07) is 16.0. The predicted molar refractivity (Wildman–Crippen MR) is 96.2 cm³/mol. The number of methoxy groups -OCH3 is 1. The Hall–Kier alpha value is -3.06. The molecule has 4 rings (SSSR count). The second-order valence-corrected chi connectivity index (χ2v) is 6.40. The van der Waals surface area contributed by atoms with Gasteiger partial charge in [0, 0.05) is 10.5 Å². The fourth-order valence-electron chi connectivity index (χ4n) is 2.56. The van der Waals surface area contributed by atoms with Crippen molar-refractivity contribution < 1.29 is 4.74 Å². The molecule has 1 N–H and O–H groups in total. The van der Waals surface area contributed by atoms with Gasteiger partial charge in [0.15, 0.2) is 5.65 Å². The van der Waals surface area contributed by atoms with Crippen LogP contribution in [0, 0.1) is 0 Å². The third kappa shape index (κ3) is 2.89. The maximum absolute atomic E-state index is 11.8. The number of benzene rings is 2. The van der Waals surface area contributed by atoms with Crippen molar-refractivity contribution in [1.29, 1.82) is 0 Å². The summed E-state index contributed by atoms with van der Waals surface area (Å²) in [5.74, 6) is 0.760. The van der Waals surface area contributed by atoms with E-state index in [-0.39, 0.29) is 5.69 Å². The average molecular weight is 350 g/mol. The Morgan fingerprint density at radius 1 is 1.16 bits per heavy atom. The number of rotatable bonds is 4. The lowest BCUT2D eigenvalue weighted by molar-refractivity contribution is 0.405. The minimum Gasteiger partial charge on any atom is -0.496 e. The lowest BCUT2D eigenvalue weighted by atomic mass is 10.1. The molecule has 25 heavy (non-hydrogen) atoms. The van der Waals surface area contributed by atoms with Crippen molar-refractivity contribution in [2.24, 2.45) is 0 Å². The van der Waals surface area contributed by atoms with Crippen molar-refractivity contribution >= 4 is 17.4 Å². The molecule has 0 aliphatic rings. The van der Waals surface area contributed by atoms with Gasteiger partial charge >= 0.3 is 5.69 Å². The van der Waals surface area contributed by atoms with Crippen LogP contribution in [0.15, 0.2) is 75.6 Å². The number of nitrogens with one attached hydrogen (secondary N) is 1. The van der Waals surface area contributed by atoms with Crippen molar-refractivity contribution in [2.45, 2.75) is 9.79 Å². The molecule has 0 saturated carbocycles. The molecule has 4 aromatic rings. The van der Waals surface area contributed by atoms with Gasteiger partial charge in [0.05, 0.1) is 24.5 Å². The standard InChI is InChI=1S/C18H14N4O2S/c1-24-15-9-12(7-8-16(15)25-13-5-3-2-4-6-13)14-10-21-22-17(14)19-11-20-18(22)23/h2-11H,1H3,(H,19,20,23). The maximum Gasteiger partial charge on any atom is 0.349 e. The normalized spacial score (nSPS) is 10.9. The lowest BCUT2D eigenvalue weighted by Crippen LogP contribution is -2.17. The third-order valence-electron chi connectivity index (χ3n) is 3.76. The number of aromatic nitrogens is 4. The number of fused-ring (bicyclic) bond motifs is 1. The minimum atomic E-state index is -0.320. The van der Waals surface area contributed by atoms with Crippen LogP contribution < -0.4 is 10.4 Å². The molecule has 0 amide bonds. The first-order chi connectivity index (χ1) is 12.3. The van der Waals surface area contributed by atoms with Gasteiger partial charge in [-0.1, -0.05) is 36.0 Å². The summed E-state index contributed by atoms with van der Waals surface area (Å²) >= 11 is 1.63. The van der Waals surface area contributed by atoms with Crippen LogP contribution in [0.1, 0.15) is 0 Å². The van der Waals surface area contributed by atoms with Gasteiger partial charge in [0.1, 0.15) is 5.75 Å². The van der Waals surface area contributed by atoms with Gasteiger partial charge in [-0.05, 0) is 29.8 Å². The zero-order valence-electron chi connectivity index (χ0n) is 13.3. The number of aromatic amines is 1. The van der Waals surface area contributed by atoms with Crippen molar-refractivity contribution in [1.82, 2.24) is 19.6 Å². The van der Waals surface area contributed by atoms with E-state index in [1.807, 2.05) is 36.4 Å². The van der Waals surface area contributed by atoms with Crippen molar-refractivity contribution in [3.8, 4) is 16.9 Å². The highest BCUT2D eigenvalue weighted by Gasteiger charge is 2.13. The van der Waals surface area contributed by atoms with E-state index in [1.165, 1.54) is 10.8 Å². The van der Waals surface area contributed by atoms with Crippen LogP contribution >= 0.6 is 11.8 Å². The fraction of sp³-hybridized carbons (Fsp3) is 0.0556. The van der Waals surface area contributed by atoms with Gasteiger partial charge in [-0.3, -0.25) is 4.98 Å². The number of hydrogen-bond donors (Lipinski definition) is 1. The molecule has 0 bridgehead atoms. The Bertz CT molecular complexity index is 1090. The Morgan fingerprint density at radius 2 is 2.00 bits per heavy atom. The van der Waals surface area contributed by atoms with E-state index in [4.69, 9.17) is 4.74 Å². The number of H-pyrrole nitrogens is 1.